The highest BCUT2D eigenvalue weighted by atomic mass is 32.2. The fourth-order valence-corrected chi connectivity index (χ4v) is 2.18. The maximum absolute atomic E-state index is 11.6. The van der Waals surface area contributed by atoms with Crippen molar-refractivity contribution in [1.82, 2.24) is 4.90 Å². The zero-order valence-corrected chi connectivity index (χ0v) is 9.60. The molecule has 0 aromatic carbocycles. The van der Waals surface area contributed by atoms with Gasteiger partial charge in [-0.2, -0.15) is 0 Å². The van der Waals surface area contributed by atoms with E-state index in [0.717, 1.165) is 16.7 Å². The van der Waals surface area contributed by atoms with Crippen molar-refractivity contribution in [2.24, 2.45) is 0 Å². The third-order valence-electron chi connectivity index (χ3n) is 1.61. The first-order valence-corrected chi connectivity index (χ1v) is 5.37. The molecule has 80 valence electrons. The van der Waals surface area contributed by atoms with Crippen molar-refractivity contribution in [3.05, 3.63) is 23.1 Å². The van der Waals surface area contributed by atoms with Gasteiger partial charge in [0.05, 0.1) is 4.91 Å². The number of allylic oxidation sites excluding steroid dienone is 3. The minimum Gasteiger partial charge on any atom is -0.480 e. The summed E-state index contributed by atoms with van der Waals surface area (Å²) in [7, 11) is 0. The van der Waals surface area contributed by atoms with Crippen LogP contribution in [0.2, 0.25) is 0 Å². The van der Waals surface area contributed by atoms with Crippen molar-refractivity contribution in [3.8, 4) is 0 Å². The van der Waals surface area contributed by atoms with E-state index in [4.69, 9.17) is 17.3 Å². The molecule has 1 heterocycles. The standard InChI is InChI=1S/C9H9NO3S2/c1-2-3-4-6-8(13)10(5-7(11)12)9(14)15-6/h2-4H,5H2,1H3,(H,11,12). The van der Waals surface area contributed by atoms with Gasteiger partial charge in [-0.3, -0.25) is 14.5 Å². The average molecular weight is 243 g/mol. The van der Waals surface area contributed by atoms with Crippen molar-refractivity contribution in [3.63, 3.8) is 0 Å². The van der Waals surface area contributed by atoms with Gasteiger partial charge in [0.15, 0.2) is 0 Å². The molecule has 0 saturated carbocycles. The Labute approximate surface area is 96.6 Å². The molecule has 0 aliphatic carbocycles. The minimum atomic E-state index is -1.07. The first-order valence-electron chi connectivity index (χ1n) is 4.14. The topological polar surface area (TPSA) is 57.6 Å². The van der Waals surface area contributed by atoms with Gasteiger partial charge < -0.3 is 5.11 Å². The van der Waals surface area contributed by atoms with Crippen LogP contribution >= 0.6 is 24.0 Å². The fraction of sp³-hybridized carbons (Fsp3) is 0.222. The monoisotopic (exact) mass is 243 g/mol. The first-order chi connectivity index (χ1) is 7.06. The Morgan fingerprint density at radius 2 is 2.33 bits per heavy atom. The lowest BCUT2D eigenvalue weighted by molar-refractivity contribution is -0.140. The van der Waals surface area contributed by atoms with Gasteiger partial charge in [0.1, 0.15) is 10.9 Å². The summed E-state index contributed by atoms with van der Waals surface area (Å²) in [5, 5.41) is 8.58. The Morgan fingerprint density at radius 3 is 2.87 bits per heavy atom. The molecule has 1 aliphatic rings. The molecule has 0 atom stereocenters. The van der Waals surface area contributed by atoms with Crippen LogP contribution in [0, 0.1) is 0 Å². The molecule has 1 saturated heterocycles. The quantitative estimate of drug-likeness (QED) is 0.599. The van der Waals surface area contributed by atoms with Crippen LogP contribution in [-0.4, -0.2) is 32.7 Å². The van der Waals surface area contributed by atoms with Crippen molar-refractivity contribution < 1.29 is 14.7 Å². The van der Waals surface area contributed by atoms with E-state index in [1.165, 1.54) is 0 Å². The molecule has 6 heteroatoms. The molecule has 1 rings (SSSR count). The Hall–Kier alpha value is -1.14. The van der Waals surface area contributed by atoms with Gasteiger partial charge in [0.2, 0.25) is 0 Å². The van der Waals surface area contributed by atoms with E-state index in [9.17, 15) is 9.59 Å². The lowest BCUT2D eigenvalue weighted by atomic mass is 10.4. The van der Waals surface area contributed by atoms with Gasteiger partial charge in [-0.25, -0.2) is 0 Å². The van der Waals surface area contributed by atoms with E-state index in [1.807, 2.05) is 6.92 Å². The number of thioether (sulfide) groups is 1. The molecule has 1 N–H and O–H groups in total. The highest BCUT2D eigenvalue weighted by Crippen LogP contribution is 2.30. The van der Waals surface area contributed by atoms with Crippen LogP contribution in [0.15, 0.2) is 23.1 Å². The Balaban J connectivity index is 2.83. The molecular weight excluding hydrogens is 234 g/mol. The molecule has 0 spiro atoms. The maximum Gasteiger partial charge on any atom is 0.323 e. The van der Waals surface area contributed by atoms with Crippen LogP contribution in [0.25, 0.3) is 0 Å². The predicted octanol–water partition coefficient (Wildman–Crippen LogP) is 1.39. The summed E-state index contributed by atoms with van der Waals surface area (Å²) < 4.78 is 0.290. The van der Waals surface area contributed by atoms with Gasteiger partial charge in [-0.15, -0.1) is 0 Å². The second-order valence-electron chi connectivity index (χ2n) is 2.71. The third-order valence-corrected chi connectivity index (χ3v) is 3.00. The first kappa shape index (κ1) is 11.9. The van der Waals surface area contributed by atoms with Crippen molar-refractivity contribution in [2.75, 3.05) is 6.54 Å². The molecular formula is C9H9NO3S2. The summed E-state index contributed by atoms with van der Waals surface area (Å²) in [6, 6.07) is 0. The second kappa shape index (κ2) is 5.09. The number of carbonyl (C=O) groups excluding carboxylic acids is 1. The average Bonchev–Trinajstić information content (AvgIpc) is 2.42. The molecule has 0 unspecified atom stereocenters. The largest absolute Gasteiger partial charge is 0.480 e. The van der Waals surface area contributed by atoms with Crippen molar-refractivity contribution in [1.29, 1.82) is 0 Å². The lowest BCUT2D eigenvalue weighted by Crippen LogP contribution is -2.33. The minimum absolute atomic E-state index is 0.290. The van der Waals surface area contributed by atoms with Crippen LogP contribution < -0.4 is 0 Å². The molecule has 1 amide bonds. The zero-order chi connectivity index (χ0) is 11.4. The van der Waals surface area contributed by atoms with E-state index >= 15 is 0 Å². The third kappa shape index (κ3) is 2.90. The van der Waals surface area contributed by atoms with Gasteiger partial charge in [-0.05, 0) is 13.0 Å². The Morgan fingerprint density at radius 1 is 1.67 bits per heavy atom. The summed E-state index contributed by atoms with van der Waals surface area (Å²) in [5.41, 5.74) is 0. The van der Waals surface area contributed by atoms with Crippen molar-refractivity contribution in [2.45, 2.75) is 6.92 Å². The van der Waals surface area contributed by atoms with Crippen molar-refractivity contribution >= 4 is 40.2 Å². The summed E-state index contributed by atoms with van der Waals surface area (Å²) >= 11 is 6.02. The number of hydrogen-bond donors (Lipinski definition) is 1. The van der Waals surface area contributed by atoms with Gasteiger partial charge in [0.25, 0.3) is 5.91 Å². The molecule has 15 heavy (non-hydrogen) atoms. The number of nitrogens with zero attached hydrogens (tertiary/aromatic N) is 1. The normalized spacial score (nSPS) is 19.5. The van der Waals surface area contributed by atoms with E-state index in [-0.39, 0.29) is 16.8 Å². The van der Waals surface area contributed by atoms with Crippen LogP contribution in [0.3, 0.4) is 0 Å². The summed E-state index contributed by atoms with van der Waals surface area (Å²) in [6.45, 7) is 1.45. The number of carboxylic acid groups (broad SMARTS) is 1. The number of carboxylic acids is 1. The number of rotatable bonds is 3. The molecule has 1 fully saturated rings. The van der Waals surface area contributed by atoms with Crippen LogP contribution in [0.5, 0.6) is 0 Å². The molecule has 0 bridgehead atoms. The molecule has 4 nitrogen and oxygen atoms in total. The number of amides is 1. The van der Waals surface area contributed by atoms with Crippen LogP contribution in [-0.2, 0) is 9.59 Å². The fourth-order valence-electron chi connectivity index (χ4n) is 0.969. The van der Waals surface area contributed by atoms with Gasteiger partial charge >= 0.3 is 5.97 Å². The molecule has 0 aromatic heterocycles. The molecule has 0 aromatic rings. The number of aliphatic carboxylic acids is 1. The highest BCUT2D eigenvalue weighted by Gasteiger charge is 2.32. The van der Waals surface area contributed by atoms with E-state index in [2.05, 4.69) is 0 Å². The van der Waals surface area contributed by atoms with Gasteiger partial charge in [-0.1, -0.05) is 36.1 Å². The smallest absolute Gasteiger partial charge is 0.323 e. The van der Waals surface area contributed by atoms with E-state index < -0.39 is 5.97 Å². The Bertz CT molecular complexity index is 374. The lowest BCUT2D eigenvalue weighted by Gasteiger charge is -2.09. The summed E-state index contributed by atoms with van der Waals surface area (Å²) in [6.07, 6.45) is 5.12. The van der Waals surface area contributed by atoms with Crippen LogP contribution in [0.1, 0.15) is 6.92 Å². The number of hydrogen-bond acceptors (Lipinski definition) is 4. The Kier molecular flexibility index (Phi) is 4.05. The number of thiocarbonyl (C=S) groups is 1. The maximum atomic E-state index is 11.6. The molecule has 0 radical (unpaired) electrons. The predicted molar refractivity (Wildman–Crippen MR) is 62.4 cm³/mol. The van der Waals surface area contributed by atoms with Gasteiger partial charge in [0, 0.05) is 0 Å². The zero-order valence-electron chi connectivity index (χ0n) is 7.97. The van der Waals surface area contributed by atoms with E-state index in [0.29, 0.717) is 4.91 Å². The number of carbonyl (C=O) groups is 2. The highest BCUT2D eigenvalue weighted by molar-refractivity contribution is 8.26. The van der Waals surface area contributed by atoms with E-state index in [1.54, 1.807) is 18.2 Å². The molecule has 1 aliphatic heterocycles. The SMILES string of the molecule is CC=CC=C1SC(=S)N(CC(=O)O)C1=O. The summed E-state index contributed by atoms with van der Waals surface area (Å²) in [4.78, 5) is 23.6. The van der Waals surface area contributed by atoms with Crippen LogP contribution in [0.4, 0.5) is 0 Å². The second-order valence-corrected chi connectivity index (χ2v) is 4.39. The summed E-state index contributed by atoms with van der Waals surface area (Å²) in [5.74, 6) is -1.41.